The summed E-state index contributed by atoms with van der Waals surface area (Å²) in [6.07, 6.45) is 2.34. The average Bonchev–Trinajstić information content (AvgIpc) is 2.82. The lowest BCUT2D eigenvalue weighted by Gasteiger charge is -2.10. The molecule has 1 aromatic heterocycles. The standard InChI is InChI=1S/C11H16N2OS4/c1-4-8(17-9(14)5-2)7-16-11-13-12-10(18-11)15-6-3/h5,8H,2,4,6-7H2,1,3H3. The molecule has 0 aliphatic carbocycles. The van der Waals surface area contributed by atoms with E-state index in [1.54, 1.807) is 34.9 Å². The van der Waals surface area contributed by atoms with Crippen molar-refractivity contribution in [2.45, 2.75) is 34.2 Å². The molecule has 3 nitrogen and oxygen atoms in total. The van der Waals surface area contributed by atoms with Crippen LogP contribution in [0.1, 0.15) is 20.3 Å². The van der Waals surface area contributed by atoms with Crippen molar-refractivity contribution in [1.82, 2.24) is 10.2 Å². The first-order valence-corrected chi connectivity index (χ1v) is 9.28. The molecule has 0 aromatic carbocycles. The van der Waals surface area contributed by atoms with Crippen LogP contribution in [0, 0.1) is 0 Å². The monoisotopic (exact) mass is 320 g/mol. The van der Waals surface area contributed by atoms with Crippen molar-refractivity contribution in [1.29, 1.82) is 0 Å². The largest absolute Gasteiger partial charge is 0.282 e. The number of hydrogen-bond acceptors (Lipinski definition) is 7. The molecular formula is C11H16N2OS4. The van der Waals surface area contributed by atoms with Gasteiger partial charge in [0.2, 0.25) is 5.12 Å². The Morgan fingerprint density at radius 1 is 1.39 bits per heavy atom. The SMILES string of the molecule is C=CC(=O)SC(CC)CSc1nnc(SCC)s1. The van der Waals surface area contributed by atoms with Crippen molar-refractivity contribution in [3.63, 3.8) is 0 Å². The molecule has 1 atom stereocenters. The summed E-state index contributed by atoms with van der Waals surface area (Å²) in [5.74, 6) is 1.90. The molecule has 1 aromatic rings. The zero-order chi connectivity index (χ0) is 13.4. The number of aromatic nitrogens is 2. The maximum atomic E-state index is 11.3. The van der Waals surface area contributed by atoms with Gasteiger partial charge in [0.25, 0.3) is 0 Å². The molecule has 1 rings (SSSR count). The summed E-state index contributed by atoms with van der Waals surface area (Å²) in [5, 5.41) is 8.60. The van der Waals surface area contributed by atoms with E-state index in [9.17, 15) is 4.79 Å². The summed E-state index contributed by atoms with van der Waals surface area (Å²) in [6.45, 7) is 7.68. The van der Waals surface area contributed by atoms with Crippen molar-refractivity contribution < 1.29 is 4.79 Å². The van der Waals surface area contributed by atoms with Crippen LogP contribution in [-0.2, 0) is 4.79 Å². The molecule has 0 bridgehead atoms. The summed E-state index contributed by atoms with van der Waals surface area (Å²) in [4.78, 5) is 11.3. The van der Waals surface area contributed by atoms with Gasteiger partial charge in [-0.25, -0.2) is 0 Å². The molecule has 0 spiro atoms. The fourth-order valence-electron chi connectivity index (χ4n) is 1.05. The molecule has 0 aliphatic heterocycles. The topological polar surface area (TPSA) is 42.9 Å². The molecule has 0 N–H and O–H groups in total. The van der Waals surface area contributed by atoms with Gasteiger partial charge in [0, 0.05) is 11.0 Å². The first-order valence-electron chi connectivity index (χ1n) is 5.61. The van der Waals surface area contributed by atoms with E-state index in [-0.39, 0.29) is 5.12 Å². The second-order valence-electron chi connectivity index (χ2n) is 3.25. The predicted molar refractivity (Wildman–Crippen MR) is 83.9 cm³/mol. The lowest BCUT2D eigenvalue weighted by atomic mass is 10.4. The molecule has 0 fully saturated rings. The van der Waals surface area contributed by atoms with Gasteiger partial charge in [-0.3, -0.25) is 4.79 Å². The van der Waals surface area contributed by atoms with E-state index in [0.717, 1.165) is 26.6 Å². The Hall–Kier alpha value is 0.0200. The van der Waals surface area contributed by atoms with E-state index in [0.29, 0.717) is 5.25 Å². The van der Waals surface area contributed by atoms with Crippen LogP contribution in [0.15, 0.2) is 21.3 Å². The van der Waals surface area contributed by atoms with Gasteiger partial charge in [-0.1, -0.05) is 67.0 Å². The summed E-state index contributed by atoms with van der Waals surface area (Å²) in [5.41, 5.74) is 0. The van der Waals surface area contributed by atoms with Crippen molar-refractivity contribution in [2.24, 2.45) is 0 Å². The Morgan fingerprint density at radius 2 is 2.06 bits per heavy atom. The van der Waals surface area contributed by atoms with Gasteiger partial charge in [-0.05, 0) is 18.2 Å². The summed E-state index contributed by atoms with van der Waals surface area (Å²) >= 11 is 6.36. The predicted octanol–water partition coefficient (Wildman–Crippen LogP) is 3.97. The van der Waals surface area contributed by atoms with Gasteiger partial charge in [-0.2, -0.15) is 0 Å². The van der Waals surface area contributed by atoms with Crippen molar-refractivity contribution in [2.75, 3.05) is 11.5 Å². The van der Waals surface area contributed by atoms with Crippen LogP contribution in [0.3, 0.4) is 0 Å². The van der Waals surface area contributed by atoms with E-state index in [1.165, 1.54) is 17.8 Å². The molecule has 0 amide bonds. The average molecular weight is 321 g/mol. The highest BCUT2D eigenvalue weighted by Crippen LogP contribution is 2.31. The summed E-state index contributed by atoms with van der Waals surface area (Å²) in [6, 6.07) is 0. The van der Waals surface area contributed by atoms with E-state index in [2.05, 4.69) is 30.6 Å². The fraction of sp³-hybridized carbons (Fsp3) is 0.545. The third-order valence-electron chi connectivity index (χ3n) is 1.95. The van der Waals surface area contributed by atoms with Crippen LogP contribution in [0.5, 0.6) is 0 Å². The zero-order valence-electron chi connectivity index (χ0n) is 10.4. The molecule has 0 aliphatic rings. The van der Waals surface area contributed by atoms with E-state index in [1.807, 2.05) is 0 Å². The van der Waals surface area contributed by atoms with E-state index < -0.39 is 0 Å². The Kier molecular flexibility index (Phi) is 8.05. The number of rotatable bonds is 8. The number of carbonyl (C=O) groups excluding carboxylic acids is 1. The molecule has 1 heterocycles. The first-order chi connectivity index (χ1) is 8.69. The third-order valence-corrected chi connectivity index (χ3v) is 6.63. The van der Waals surface area contributed by atoms with Crippen LogP contribution in [0.2, 0.25) is 0 Å². The van der Waals surface area contributed by atoms with Gasteiger partial charge in [-0.15, -0.1) is 10.2 Å². The number of hydrogen-bond donors (Lipinski definition) is 0. The third kappa shape index (κ3) is 5.77. The lowest BCUT2D eigenvalue weighted by molar-refractivity contribution is -0.107. The highest BCUT2D eigenvalue weighted by Gasteiger charge is 2.13. The Balaban J connectivity index is 2.41. The molecule has 1 unspecified atom stereocenters. The summed E-state index contributed by atoms with van der Waals surface area (Å²) < 4.78 is 2.00. The van der Waals surface area contributed by atoms with Gasteiger partial charge in [0.05, 0.1) is 0 Å². The van der Waals surface area contributed by atoms with Crippen LogP contribution in [0.25, 0.3) is 0 Å². The second kappa shape index (κ2) is 9.01. The number of nitrogens with zero attached hydrogens (tertiary/aromatic N) is 2. The molecule has 0 saturated carbocycles. The van der Waals surface area contributed by atoms with E-state index >= 15 is 0 Å². The minimum absolute atomic E-state index is 0.0435. The Morgan fingerprint density at radius 3 is 2.61 bits per heavy atom. The molecular weight excluding hydrogens is 304 g/mol. The minimum atomic E-state index is 0.0435. The van der Waals surface area contributed by atoms with Gasteiger partial charge >= 0.3 is 0 Å². The molecule has 7 heteroatoms. The normalized spacial score (nSPS) is 12.3. The minimum Gasteiger partial charge on any atom is -0.282 e. The van der Waals surface area contributed by atoms with Crippen molar-refractivity contribution >= 4 is 51.7 Å². The van der Waals surface area contributed by atoms with Crippen LogP contribution in [0.4, 0.5) is 0 Å². The quantitative estimate of drug-likeness (QED) is 0.533. The molecule has 0 saturated heterocycles. The highest BCUT2D eigenvalue weighted by molar-refractivity contribution is 8.15. The van der Waals surface area contributed by atoms with Crippen LogP contribution in [-0.4, -0.2) is 32.1 Å². The highest BCUT2D eigenvalue weighted by atomic mass is 32.2. The van der Waals surface area contributed by atoms with Gasteiger partial charge in [0.15, 0.2) is 8.68 Å². The first kappa shape index (κ1) is 16.1. The van der Waals surface area contributed by atoms with E-state index in [4.69, 9.17) is 0 Å². The second-order valence-corrected chi connectivity index (χ2v) is 8.31. The number of carbonyl (C=O) groups is 1. The molecule has 18 heavy (non-hydrogen) atoms. The van der Waals surface area contributed by atoms with Crippen molar-refractivity contribution in [3.8, 4) is 0 Å². The maximum absolute atomic E-state index is 11.3. The number of thioether (sulfide) groups is 3. The smallest absolute Gasteiger partial charge is 0.211 e. The fourth-order valence-corrected chi connectivity index (χ4v) is 5.10. The van der Waals surface area contributed by atoms with Gasteiger partial charge < -0.3 is 0 Å². The van der Waals surface area contributed by atoms with Gasteiger partial charge in [0.1, 0.15) is 0 Å². The van der Waals surface area contributed by atoms with Crippen molar-refractivity contribution in [3.05, 3.63) is 12.7 Å². The zero-order valence-corrected chi connectivity index (χ0v) is 13.7. The van der Waals surface area contributed by atoms with Crippen LogP contribution < -0.4 is 0 Å². The maximum Gasteiger partial charge on any atom is 0.211 e. The Labute approximate surface area is 125 Å². The van der Waals surface area contributed by atoms with Crippen LogP contribution >= 0.6 is 46.6 Å². The summed E-state index contributed by atoms with van der Waals surface area (Å²) in [7, 11) is 0. The molecule has 0 radical (unpaired) electrons. The Bertz CT molecular complexity index is 394. The molecule has 100 valence electrons. The lowest BCUT2D eigenvalue weighted by Crippen LogP contribution is -2.07.